The minimum Gasteiger partial charge on any atom is -0.504 e. The van der Waals surface area contributed by atoms with Gasteiger partial charge in [-0.3, -0.25) is 0 Å². The number of benzene rings is 1. The van der Waals surface area contributed by atoms with Crippen LogP contribution in [-0.4, -0.2) is 5.11 Å². The summed E-state index contributed by atoms with van der Waals surface area (Å²) >= 11 is 0. The van der Waals surface area contributed by atoms with E-state index in [0.717, 1.165) is 10.9 Å². The van der Waals surface area contributed by atoms with Crippen molar-refractivity contribution in [3.05, 3.63) is 30.2 Å². The number of phenols is 1. The Kier molecular flexibility index (Phi) is 1.83. The zero-order chi connectivity index (χ0) is 12.2. The van der Waals surface area contributed by atoms with Crippen LogP contribution >= 0.6 is 0 Å². The molecule has 2 aromatic heterocycles. The van der Waals surface area contributed by atoms with Gasteiger partial charge < -0.3 is 19.7 Å². The van der Waals surface area contributed by atoms with Crippen molar-refractivity contribution >= 4 is 21.9 Å². The topological polar surface area (TPSA) is 72.5 Å². The van der Waals surface area contributed by atoms with Gasteiger partial charge in [-0.25, -0.2) is 0 Å². The van der Waals surface area contributed by atoms with E-state index < -0.39 is 5.54 Å². The number of fused-ring (bicyclic) bond motifs is 2. The number of phenolic OH excluding ortho intramolecular Hbond substituents is 1. The molecule has 4 nitrogen and oxygen atoms in total. The molecule has 0 saturated heterocycles. The van der Waals surface area contributed by atoms with Crippen molar-refractivity contribution in [2.45, 2.75) is 19.4 Å². The van der Waals surface area contributed by atoms with Gasteiger partial charge in [-0.05, 0) is 26.0 Å². The Labute approximate surface area is 97.6 Å². The average Bonchev–Trinajstić information content (AvgIpc) is 2.83. The van der Waals surface area contributed by atoms with Gasteiger partial charge in [0.2, 0.25) is 0 Å². The minimum absolute atomic E-state index is 0.0988. The first-order valence-electron chi connectivity index (χ1n) is 5.39. The molecule has 4 heteroatoms. The van der Waals surface area contributed by atoms with Crippen LogP contribution in [0.15, 0.2) is 33.5 Å². The molecule has 0 saturated carbocycles. The van der Waals surface area contributed by atoms with E-state index in [9.17, 15) is 5.11 Å². The third-order valence-electron chi connectivity index (χ3n) is 2.94. The summed E-state index contributed by atoms with van der Waals surface area (Å²) in [5.74, 6) is 0.0988. The summed E-state index contributed by atoms with van der Waals surface area (Å²) < 4.78 is 10.8. The molecule has 2 heterocycles. The van der Waals surface area contributed by atoms with Crippen molar-refractivity contribution in [2.24, 2.45) is 5.73 Å². The van der Waals surface area contributed by atoms with E-state index in [1.54, 1.807) is 24.7 Å². The van der Waals surface area contributed by atoms with E-state index in [4.69, 9.17) is 14.6 Å². The molecular weight excluding hydrogens is 218 g/mol. The predicted octanol–water partition coefficient (Wildman–Crippen LogP) is 3.08. The smallest absolute Gasteiger partial charge is 0.176 e. The monoisotopic (exact) mass is 231 g/mol. The maximum atomic E-state index is 10.1. The molecule has 3 rings (SSSR count). The van der Waals surface area contributed by atoms with Crippen LogP contribution in [0.3, 0.4) is 0 Å². The number of furan rings is 2. The van der Waals surface area contributed by atoms with E-state index in [2.05, 4.69) is 0 Å². The van der Waals surface area contributed by atoms with Crippen LogP contribution in [0.5, 0.6) is 5.75 Å². The highest BCUT2D eigenvalue weighted by atomic mass is 16.4. The predicted molar refractivity (Wildman–Crippen MR) is 64.9 cm³/mol. The number of rotatable bonds is 1. The molecule has 0 amide bonds. The third kappa shape index (κ3) is 1.27. The van der Waals surface area contributed by atoms with Crippen LogP contribution in [0.25, 0.3) is 21.9 Å². The van der Waals surface area contributed by atoms with Gasteiger partial charge in [0, 0.05) is 16.5 Å². The SMILES string of the molecule is CC(C)(N)c1c2ccoc2c(O)c2ccoc12. The molecule has 0 aliphatic carbocycles. The fourth-order valence-corrected chi connectivity index (χ4v) is 2.26. The first kappa shape index (κ1) is 10.2. The molecular formula is C13H13NO3. The number of hydrogen-bond donors (Lipinski definition) is 2. The van der Waals surface area contributed by atoms with Crippen LogP contribution in [0.1, 0.15) is 19.4 Å². The molecule has 0 aliphatic heterocycles. The lowest BCUT2D eigenvalue weighted by Gasteiger charge is -2.20. The van der Waals surface area contributed by atoms with Crippen molar-refractivity contribution in [3.63, 3.8) is 0 Å². The normalized spacial score (nSPS) is 12.6. The van der Waals surface area contributed by atoms with Crippen LogP contribution in [0.2, 0.25) is 0 Å². The van der Waals surface area contributed by atoms with Crippen LogP contribution in [0, 0.1) is 0 Å². The minimum atomic E-state index is -0.577. The first-order valence-corrected chi connectivity index (χ1v) is 5.39. The molecule has 0 radical (unpaired) electrons. The molecule has 88 valence electrons. The largest absolute Gasteiger partial charge is 0.504 e. The van der Waals surface area contributed by atoms with Crippen LogP contribution in [-0.2, 0) is 5.54 Å². The van der Waals surface area contributed by atoms with Gasteiger partial charge in [0.1, 0.15) is 5.58 Å². The Hall–Kier alpha value is -1.94. The van der Waals surface area contributed by atoms with Crippen molar-refractivity contribution in [1.82, 2.24) is 0 Å². The number of nitrogens with two attached hydrogens (primary N) is 1. The second kappa shape index (κ2) is 3.05. The molecule has 0 atom stereocenters. The average molecular weight is 231 g/mol. The van der Waals surface area contributed by atoms with Crippen molar-refractivity contribution in [1.29, 1.82) is 0 Å². The lowest BCUT2D eigenvalue weighted by Crippen LogP contribution is -2.29. The quantitative estimate of drug-likeness (QED) is 0.675. The molecule has 3 N–H and O–H groups in total. The summed E-state index contributed by atoms with van der Waals surface area (Å²) in [6, 6.07) is 3.50. The third-order valence-corrected chi connectivity index (χ3v) is 2.94. The zero-order valence-electron chi connectivity index (χ0n) is 9.65. The maximum absolute atomic E-state index is 10.1. The van der Waals surface area contributed by atoms with Gasteiger partial charge in [0.15, 0.2) is 11.3 Å². The summed E-state index contributed by atoms with van der Waals surface area (Å²) in [5.41, 5.74) is 7.51. The van der Waals surface area contributed by atoms with E-state index >= 15 is 0 Å². The maximum Gasteiger partial charge on any atom is 0.176 e. The van der Waals surface area contributed by atoms with E-state index in [1.165, 1.54) is 0 Å². The zero-order valence-corrected chi connectivity index (χ0v) is 9.65. The first-order chi connectivity index (χ1) is 8.00. The fraction of sp³-hybridized carbons (Fsp3) is 0.231. The summed E-state index contributed by atoms with van der Waals surface area (Å²) in [6.45, 7) is 3.79. The van der Waals surface area contributed by atoms with Crippen molar-refractivity contribution < 1.29 is 13.9 Å². The van der Waals surface area contributed by atoms with Crippen LogP contribution < -0.4 is 5.73 Å². The molecule has 0 bridgehead atoms. The molecule has 0 fully saturated rings. The Balaban J connectivity index is 2.62. The molecule has 0 spiro atoms. The summed E-state index contributed by atoms with van der Waals surface area (Å²) in [7, 11) is 0. The number of aromatic hydroxyl groups is 1. The van der Waals surface area contributed by atoms with Gasteiger partial charge in [0.05, 0.1) is 17.9 Å². The van der Waals surface area contributed by atoms with Gasteiger partial charge >= 0.3 is 0 Å². The highest BCUT2D eigenvalue weighted by Gasteiger charge is 2.26. The number of hydrogen-bond acceptors (Lipinski definition) is 4. The lowest BCUT2D eigenvalue weighted by molar-refractivity contribution is 0.469. The standard InChI is InChI=1S/C13H13NO3/c1-13(2,14)9-7-3-5-17-12(7)10(15)8-4-6-16-11(8)9/h3-6,15H,14H2,1-2H3. The van der Waals surface area contributed by atoms with Crippen molar-refractivity contribution in [3.8, 4) is 5.75 Å². The van der Waals surface area contributed by atoms with Crippen LogP contribution in [0.4, 0.5) is 0 Å². The highest BCUT2D eigenvalue weighted by Crippen LogP contribution is 2.41. The summed E-state index contributed by atoms with van der Waals surface area (Å²) in [5, 5.41) is 11.5. The van der Waals surface area contributed by atoms with E-state index in [1.807, 2.05) is 13.8 Å². The highest BCUT2D eigenvalue weighted by molar-refractivity contribution is 6.04. The molecule has 3 aromatic rings. The fourth-order valence-electron chi connectivity index (χ4n) is 2.26. The lowest BCUT2D eigenvalue weighted by atomic mass is 9.90. The van der Waals surface area contributed by atoms with Gasteiger partial charge in [-0.2, -0.15) is 0 Å². The van der Waals surface area contributed by atoms with Gasteiger partial charge in [0.25, 0.3) is 0 Å². The molecule has 1 aromatic carbocycles. The summed E-state index contributed by atoms with van der Waals surface area (Å²) in [4.78, 5) is 0. The molecule has 0 aliphatic rings. The second-order valence-electron chi connectivity index (χ2n) is 4.77. The molecule has 17 heavy (non-hydrogen) atoms. The Morgan fingerprint density at radius 1 is 1.06 bits per heavy atom. The Morgan fingerprint density at radius 2 is 1.65 bits per heavy atom. The van der Waals surface area contributed by atoms with E-state index in [0.29, 0.717) is 16.6 Å². The van der Waals surface area contributed by atoms with Gasteiger partial charge in [-0.1, -0.05) is 0 Å². The van der Waals surface area contributed by atoms with E-state index in [-0.39, 0.29) is 5.75 Å². The second-order valence-corrected chi connectivity index (χ2v) is 4.77. The molecule has 0 unspecified atom stereocenters. The van der Waals surface area contributed by atoms with Gasteiger partial charge in [-0.15, -0.1) is 0 Å². The Morgan fingerprint density at radius 3 is 2.29 bits per heavy atom. The summed E-state index contributed by atoms with van der Waals surface area (Å²) in [6.07, 6.45) is 3.08. The Bertz CT molecular complexity index is 649. The van der Waals surface area contributed by atoms with Crippen molar-refractivity contribution in [2.75, 3.05) is 0 Å².